The van der Waals surface area contributed by atoms with E-state index in [4.69, 9.17) is 0 Å². The summed E-state index contributed by atoms with van der Waals surface area (Å²) in [6.45, 7) is 3.68. The lowest BCUT2D eigenvalue weighted by atomic mass is 10.1. The molecule has 8 heteroatoms. The standard InChI is InChI=1S/C23H19N5O3/c1-15-7-6-14-24-22(15)25-16(2)20-21(17-8-4-3-5-9-17)26-27(23(20)29)18-10-12-19(13-11-18)28(30)31/h3-14,26H,1-2H3/b25-16+. The van der Waals surface area contributed by atoms with Crippen molar-refractivity contribution in [3.63, 3.8) is 0 Å². The number of nitrogens with one attached hydrogen (secondary N) is 1. The molecule has 0 saturated heterocycles. The number of rotatable bonds is 5. The van der Waals surface area contributed by atoms with E-state index in [1.807, 2.05) is 49.4 Å². The van der Waals surface area contributed by atoms with E-state index in [2.05, 4.69) is 15.1 Å². The van der Waals surface area contributed by atoms with Gasteiger partial charge in [0.05, 0.1) is 27.6 Å². The fraction of sp³-hybridized carbons (Fsp3) is 0.0870. The van der Waals surface area contributed by atoms with Gasteiger partial charge in [0, 0.05) is 23.9 Å². The summed E-state index contributed by atoms with van der Waals surface area (Å²) in [6, 6.07) is 19.0. The maximum absolute atomic E-state index is 13.4. The van der Waals surface area contributed by atoms with Gasteiger partial charge in [-0.2, -0.15) is 0 Å². The lowest BCUT2D eigenvalue weighted by Gasteiger charge is -2.04. The van der Waals surface area contributed by atoms with Gasteiger partial charge in [0.15, 0.2) is 5.82 Å². The normalized spacial score (nSPS) is 11.5. The number of aromatic amines is 1. The molecule has 1 N–H and O–H groups in total. The van der Waals surface area contributed by atoms with E-state index < -0.39 is 4.92 Å². The Balaban J connectivity index is 1.90. The SMILES string of the molecule is C/C(=N\c1ncccc1C)c1c(-c2ccccc2)[nH]n(-c2ccc([N+](=O)[O-])cc2)c1=O. The average molecular weight is 413 g/mol. The van der Waals surface area contributed by atoms with Crippen molar-refractivity contribution in [1.29, 1.82) is 0 Å². The van der Waals surface area contributed by atoms with Crippen LogP contribution in [0.2, 0.25) is 0 Å². The van der Waals surface area contributed by atoms with Gasteiger partial charge in [0.2, 0.25) is 0 Å². The number of nitrogens with zero attached hydrogens (tertiary/aromatic N) is 4. The van der Waals surface area contributed by atoms with Crippen LogP contribution in [0, 0.1) is 17.0 Å². The van der Waals surface area contributed by atoms with Gasteiger partial charge in [0.25, 0.3) is 11.2 Å². The zero-order chi connectivity index (χ0) is 22.0. The molecule has 0 amide bonds. The van der Waals surface area contributed by atoms with Crippen LogP contribution in [0.15, 0.2) is 82.7 Å². The number of pyridine rings is 1. The molecule has 0 atom stereocenters. The zero-order valence-electron chi connectivity index (χ0n) is 16.9. The van der Waals surface area contributed by atoms with Crippen molar-refractivity contribution in [2.45, 2.75) is 13.8 Å². The molecule has 0 unspecified atom stereocenters. The van der Waals surface area contributed by atoms with Crippen molar-refractivity contribution in [3.05, 3.63) is 105 Å². The highest BCUT2D eigenvalue weighted by molar-refractivity contribution is 6.04. The zero-order valence-corrected chi connectivity index (χ0v) is 16.9. The molecule has 8 nitrogen and oxygen atoms in total. The van der Waals surface area contributed by atoms with Crippen LogP contribution >= 0.6 is 0 Å². The Morgan fingerprint density at radius 2 is 1.77 bits per heavy atom. The van der Waals surface area contributed by atoms with Crippen molar-refractivity contribution in [2.75, 3.05) is 0 Å². The summed E-state index contributed by atoms with van der Waals surface area (Å²) in [7, 11) is 0. The summed E-state index contributed by atoms with van der Waals surface area (Å²) in [5.74, 6) is 0.543. The molecule has 0 bridgehead atoms. The topological polar surface area (TPSA) is 106 Å². The van der Waals surface area contributed by atoms with Gasteiger partial charge >= 0.3 is 0 Å². The predicted molar refractivity (Wildman–Crippen MR) is 119 cm³/mol. The fourth-order valence-corrected chi connectivity index (χ4v) is 3.30. The Morgan fingerprint density at radius 1 is 1.06 bits per heavy atom. The number of hydrogen-bond acceptors (Lipinski definition) is 5. The molecule has 0 aliphatic carbocycles. The Kier molecular flexibility index (Phi) is 5.28. The van der Waals surface area contributed by atoms with Crippen LogP contribution in [0.5, 0.6) is 0 Å². The second-order valence-electron chi connectivity index (χ2n) is 6.98. The minimum atomic E-state index is -0.478. The third-order valence-corrected chi connectivity index (χ3v) is 4.89. The molecular formula is C23H19N5O3. The molecule has 0 radical (unpaired) electrons. The van der Waals surface area contributed by atoms with E-state index in [0.29, 0.717) is 28.5 Å². The van der Waals surface area contributed by atoms with E-state index in [9.17, 15) is 14.9 Å². The van der Waals surface area contributed by atoms with Gasteiger partial charge in [-0.05, 0) is 37.6 Å². The summed E-state index contributed by atoms with van der Waals surface area (Å²) in [6.07, 6.45) is 1.66. The summed E-state index contributed by atoms with van der Waals surface area (Å²) >= 11 is 0. The summed E-state index contributed by atoms with van der Waals surface area (Å²) in [5, 5.41) is 14.1. The Labute approximate surface area is 177 Å². The number of nitro benzene ring substituents is 1. The van der Waals surface area contributed by atoms with Crippen LogP contribution in [-0.4, -0.2) is 25.4 Å². The first-order valence-electron chi connectivity index (χ1n) is 9.58. The van der Waals surface area contributed by atoms with Crippen molar-refractivity contribution in [2.24, 2.45) is 4.99 Å². The van der Waals surface area contributed by atoms with Crippen LogP contribution in [0.4, 0.5) is 11.5 Å². The first kappa shape index (κ1) is 20.0. The number of benzene rings is 2. The third kappa shape index (κ3) is 3.91. The number of aliphatic imine (C=N–C) groups is 1. The van der Waals surface area contributed by atoms with Crippen LogP contribution in [0.1, 0.15) is 18.1 Å². The highest BCUT2D eigenvalue weighted by Gasteiger charge is 2.20. The van der Waals surface area contributed by atoms with Crippen molar-refractivity contribution < 1.29 is 4.92 Å². The molecule has 154 valence electrons. The van der Waals surface area contributed by atoms with Gasteiger partial charge in [0.1, 0.15) is 0 Å². The van der Waals surface area contributed by atoms with E-state index in [1.165, 1.54) is 28.9 Å². The van der Waals surface area contributed by atoms with E-state index >= 15 is 0 Å². The fourth-order valence-electron chi connectivity index (χ4n) is 3.30. The molecule has 4 rings (SSSR count). The van der Waals surface area contributed by atoms with Gasteiger partial charge in [-0.3, -0.25) is 20.0 Å². The van der Waals surface area contributed by atoms with Gasteiger partial charge in [-0.1, -0.05) is 36.4 Å². The molecule has 2 aromatic heterocycles. The monoisotopic (exact) mass is 413 g/mol. The average Bonchev–Trinajstić information content (AvgIpc) is 3.13. The maximum Gasteiger partial charge on any atom is 0.280 e. The van der Waals surface area contributed by atoms with Crippen molar-refractivity contribution in [3.8, 4) is 16.9 Å². The number of nitro groups is 1. The lowest BCUT2D eigenvalue weighted by Crippen LogP contribution is -2.19. The summed E-state index contributed by atoms with van der Waals surface area (Å²) in [5.41, 5.74) is 3.39. The highest BCUT2D eigenvalue weighted by atomic mass is 16.6. The molecule has 2 heterocycles. The van der Waals surface area contributed by atoms with Crippen LogP contribution in [-0.2, 0) is 0 Å². The summed E-state index contributed by atoms with van der Waals surface area (Å²) in [4.78, 5) is 32.8. The minimum Gasteiger partial charge on any atom is -0.290 e. The molecule has 31 heavy (non-hydrogen) atoms. The molecular weight excluding hydrogens is 394 g/mol. The second-order valence-corrected chi connectivity index (χ2v) is 6.98. The van der Waals surface area contributed by atoms with Gasteiger partial charge in [-0.15, -0.1) is 0 Å². The molecule has 0 aliphatic heterocycles. The molecule has 2 aromatic carbocycles. The summed E-state index contributed by atoms with van der Waals surface area (Å²) < 4.78 is 1.37. The Hall–Kier alpha value is -4.33. The van der Waals surface area contributed by atoms with Gasteiger partial charge < -0.3 is 0 Å². The third-order valence-electron chi connectivity index (χ3n) is 4.89. The minimum absolute atomic E-state index is 0.0461. The number of aromatic nitrogens is 3. The molecule has 4 aromatic rings. The number of aryl methyl sites for hydroxylation is 1. The van der Waals surface area contributed by atoms with Gasteiger partial charge in [-0.25, -0.2) is 14.7 Å². The van der Waals surface area contributed by atoms with E-state index in [0.717, 1.165) is 11.1 Å². The number of hydrogen-bond donors (Lipinski definition) is 1. The smallest absolute Gasteiger partial charge is 0.280 e. The quantitative estimate of drug-likeness (QED) is 0.293. The first-order chi connectivity index (χ1) is 15.0. The largest absolute Gasteiger partial charge is 0.290 e. The molecule has 0 saturated carbocycles. The van der Waals surface area contributed by atoms with E-state index in [1.54, 1.807) is 13.1 Å². The van der Waals surface area contributed by atoms with E-state index in [-0.39, 0.29) is 11.2 Å². The van der Waals surface area contributed by atoms with Crippen molar-refractivity contribution >= 4 is 17.2 Å². The number of H-pyrrole nitrogens is 1. The highest BCUT2D eigenvalue weighted by Crippen LogP contribution is 2.24. The van der Waals surface area contributed by atoms with Crippen LogP contribution < -0.4 is 5.56 Å². The van der Waals surface area contributed by atoms with Crippen LogP contribution in [0.25, 0.3) is 16.9 Å². The molecule has 0 aliphatic rings. The second kappa shape index (κ2) is 8.19. The molecule has 0 spiro atoms. The van der Waals surface area contributed by atoms with Crippen molar-refractivity contribution in [1.82, 2.24) is 14.8 Å². The molecule has 0 fully saturated rings. The Morgan fingerprint density at radius 3 is 2.42 bits per heavy atom. The first-order valence-corrected chi connectivity index (χ1v) is 9.58. The predicted octanol–water partition coefficient (Wildman–Crippen LogP) is 4.58. The maximum atomic E-state index is 13.4. The van der Waals surface area contributed by atoms with Crippen LogP contribution in [0.3, 0.4) is 0 Å². The lowest BCUT2D eigenvalue weighted by molar-refractivity contribution is -0.384. The number of non-ortho nitro benzene ring substituents is 1. The Bertz CT molecular complexity index is 1340.